The molecule has 3 aromatic rings. The fourth-order valence-electron chi connectivity index (χ4n) is 2.45. The van der Waals surface area contributed by atoms with Crippen molar-refractivity contribution in [2.45, 2.75) is 26.4 Å². The summed E-state index contributed by atoms with van der Waals surface area (Å²) in [6.07, 6.45) is 3.86. The van der Waals surface area contributed by atoms with E-state index in [4.69, 9.17) is 0 Å². The average molecular weight is 266 g/mol. The first-order valence-electron chi connectivity index (χ1n) is 6.81. The molecule has 1 aromatic carbocycles. The molecule has 3 rings (SSSR count). The Morgan fingerprint density at radius 2 is 2.05 bits per heavy atom. The summed E-state index contributed by atoms with van der Waals surface area (Å²) in [4.78, 5) is 4.47. The summed E-state index contributed by atoms with van der Waals surface area (Å²) in [5, 5.41) is 10.4. The van der Waals surface area contributed by atoms with E-state index in [9.17, 15) is 5.11 Å². The highest BCUT2D eigenvalue weighted by molar-refractivity contribution is 5.40. The zero-order valence-corrected chi connectivity index (χ0v) is 11.7. The number of nitrogens with zero attached hydrogens (tertiary/aromatic N) is 2. The second kappa shape index (κ2) is 5.10. The third-order valence-electron chi connectivity index (χ3n) is 3.64. The Morgan fingerprint density at radius 3 is 2.85 bits per heavy atom. The number of benzene rings is 1. The molecule has 1 unspecified atom stereocenters. The van der Waals surface area contributed by atoms with Gasteiger partial charge in [-0.05, 0) is 37.1 Å². The Labute approximate surface area is 118 Å². The third kappa shape index (κ3) is 2.45. The molecule has 0 fully saturated rings. The summed E-state index contributed by atoms with van der Waals surface area (Å²) in [6.45, 7) is 4.14. The van der Waals surface area contributed by atoms with Crippen molar-refractivity contribution in [3.05, 3.63) is 71.2 Å². The predicted molar refractivity (Wildman–Crippen MR) is 79.8 cm³/mol. The van der Waals surface area contributed by atoms with Gasteiger partial charge in [0.2, 0.25) is 0 Å². The van der Waals surface area contributed by atoms with E-state index in [1.54, 1.807) is 0 Å². The molecule has 3 nitrogen and oxygen atoms in total. The number of aromatic nitrogens is 2. The zero-order valence-electron chi connectivity index (χ0n) is 11.7. The molecule has 0 aliphatic heterocycles. The minimum Gasteiger partial charge on any atom is -0.386 e. The predicted octanol–water partition coefficient (Wildman–Crippen LogP) is 3.23. The second-order valence-corrected chi connectivity index (χ2v) is 5.28. The number of pyridine rings is 1. The summed E-state index contributed by atoms with van der Waals surface area (Å²) < 4.78 is 1.93. The summed E-state index contributed by atoms with van der Waals surface area (Å²) in [6, 6.07) is 12.2. The lowest BCUT2D eigenvalue weighted by Crippen LogP contribution is -2.04. The van der Waals surface area contributed by atoms with Gasteiger partial charge < -0.3 is 9.51 Å². The number of rotatable bonds is 3. The van der Waals surface area contributed by atoms with Gasteiger partial charge in [0.15, 0.2) is 0 Å². The van der Waals surface area contributed by atoms with E-state index in [0.29, 0.717) is 6.42 Å². The van der Waals surface area contributed by atoms with Crippen molar-refractivity contribution in [2.75, 3.05) is 0 Å². The standard InChI is InChI=1S/C17H18N2O/c1-12-6-7-13(2)14(9-12)10-16(20)15-11-19-8-4-3-5-17(19)18-15/h3-9,11,16,20H,10H2,1-2H3. The van der Waals surface area contributed by atoms with Crippen molar-refractivity contribution < 1.29 is 5.11 Å². The van der Waals surface area contributed by atoms with Gasteiger partial charge in [-0.1, -0.05) is 29.8 Å². The normalized spacial score (nSPS) is 12.8. The number of aliphatic hydroxyl groups is 1. The number of fused-ring (bicyclic) bond motifs is 1. The second-order valence-electron chi connectivity index (χ2n) is 5.28. The molecule has 1 N–H and O–H groups in total. The zero-order chi connectivity index (χ0) is 14.1. The molecule has 0 spiro atoms. The van der Waals surface area contributed by atoms with Gasteiger partial charge in [0.25, 0.3) is 0 Å². The van der Waals surface area contributed by atoms with E-state index in [-0.39, 0.29) is 0 Å². The number of aliphatic hydroxyl groups excluding tert-OH is 1. The van der Waals surface area contributed by atoms with Crippen molar-refractivity contribution in [3.63, 3.8) is 0 Å². The van der Waals surface area contributed by atoms with E-state index in [0.717, 1.165) is 11.3 Å². The van der Waals surface area contributed by atoms with E-state index in [1.165, 1.54) is 16.7 Å². The lowest BCUT2D eigenvalue weighted by Gasteiger charge is -2.11. The summed E-state index contributed by atoms with van der Waals surface area (Å²) >= 11 is 0. The van der Waals surface area contributed by atoms with E-state index in [2.05, 4.69) is 37.0 Å². The highest BCUT2D eigenvalue weighted by Gasteiger charge is 2.14. The van der Waals surface area contributed by atoms with Crippen molar-refractivity contribution in [3.8, 4) is 0 Å². The Balaban J connectivity index is 1.88. The Morgan fingerprint density at radius 1 is 1.20 bits per heavy atom. The van der Waals surface area contributed by atoms with Crippen LogP contribution in [-0.4, -0.2) is 14.5 Å². The maximum absolute atomic E-state index is 10.4. The van der Waals surface area contributed by atoms with Gasteiger partial charge in [-0.2, -0.15) is 0 Å². The van der Waals surface area contributed by atoms with Gasteiger partial charge in [-0.3, -0.25) is 0 Å². The molecular weight excluding hydrogens is 248 g/mol. The van der Waals surface area contributed by atoms with Crippen LogP contribution >= 0.6 is 0 Å². The lowest BCUT2D eigenvalue weighted by molar-refractivity contribution is 0.174. The minimum absolute atomic E-state index is 0.574. The highest BCUT2D eigenvalue weighted by atomic mass is 16.3. The molecule has 3 heteroatoms. The summed E-state index contributed by atoms with van der Waals surface area (Å²) in [5.41, 5.74) is 5.18. The monoisotopic (exact) mass is 266 g/mol. The molecule has 102 valence electrons. The molecule has 2 heterocycles. The molecule has 0 radical (unpaired) electrons. The molecular formula is C17H18N2O. The van der Waals surface area contributed by atoms with E-state index >= 15 is 0 Å². The molecule has 0 saturated heterocycles. The van der Waals surface area contributed by atoms with Crippen LogP contribution in [0.5, 0.6) is 0 Å². The van der Waals surface area contributed by atoms with Crippen LogP contribution in [0.15, 0.2) is 48.8 Å². The van der Waals surface area contributed by atoms with Crippen molar-refractivity contribution in [1.82, 2.24) is 9.38 Å². The number of aryl methyl sites for hydroxylation is 2. The van der Waals surface area contributed by atoms with Gasteiger partial charge in [0, 0.05) is 18.8 Å². The SMILES string of the molecule is Cc1ccc(C)c(CC(O)c2cn3ccccc3n2)c1. The summed E-state index contributed by atoms with van der Waals surface area (Å²) in [7, 11) is 0. The Bertz CT molecular complexity index is 713. The molecule has 0 bridgehead atoms. The van der Waals surface area contributed by atoms with Gasteiger partial charge >= 0.3 is 0 Å². The first-order valence-corrected chi connectivity index (χ1v) is 6.81. The molecule has 0 aliphatic carbocycles. The molecule has 20 heavy (non-hydrogen) atoms. The first kappa shape index (κ1) is 12.9. The van der Waals surface area contributed by atoms with Crippen LogP contribution < -0.4 is 0 Å². The Kier molecular flexibility index (Phi) is 3.28. The minimum atomic E-state index is -0.574. The van der Waals surface area contributed by atoms with Gasteiger partial charge in [0.05, 0.1) is 5.69 Å². The average Bonchev–Trinajstić information content (AvgIpc) is 2.87. The van der Waals surface area contributed by atoms with Gasteiger partial charge in [-0.25, -0.2) is 4.98 Å². The quantitative estimate of drug-likeness (QED) is 0.790. The smallest absolute Gasteiger partial charge is 0.137 e. The van der Waals surface area contributed by atoms with Crippen LogP contribution in [0.3, 0.4) is 0 Å². The third-order valence-corrected chi connectivity index (χ3v) is 3.64. The molecule has 0 saturated carbocycles. The van der Waals surface area contributed by atoms with Crippen LogP contribution in [0, 0.1) is 13.8 Å². The van der Waals surface area contributed by atoms with Gasteiger partial charge in [0.1, 0.15) is 11.8 Å². The molecule has 2 aromatic heterocycles. The number of hydrogen-bond donors (Lipinski definition) is 1. The van der Waals surface area contributed by atoms with Crippen molar-refractivity contribution in [1.29, 1.82) is 0 Å². The van der Waals surface area contributed by atoms with Crippen LogP contribution in [0.1, 0.15) is 28.5 Å². The van der Waals surface area contributed by atoms with Crippen molar-refractivity contribution in [2.24, 2.45) is 0 Å². The van der Waals surface area contributed by atoms with E-state index < -0.39 is 6.10 Å². The maximum atomic E-state index is 10.4. The van der Waals surface area contributed by atoms with Crippen LogP contribution in [-0.2, 0) is 6.42 Å². The topological polar surface area (TPSA) is 37.5 Å². The molecule has 1 atom stereocenters. The number of imidazole rings is 1. The Hall–Kier alpha value is -2.13. The first-order chi connectivity index (χ1) is 9.63. The fraction of sp³-hybridized carbons (Fsp3) is 0.235. The van der Waals surface area contributed by atoms with Crippen LogP contribution in [0.4, 0.5) is 0 Å². The lowest BCUT2D eigenvalue weighted by atomic mass is 9.99. The maximum Gasteiger partial charge on any atom is 0.137 e. The van der Waals surface area contributed by atoms with Gasteiger partial charge in [-0.15, -0.1) is 0 Å². The molecule has 0 amide bonds. The highest BCUT2D eigenvalue weighted by Crippen LogP contribution is 2.21. The summed E-state index contributed by atoms with van der Waals surface area (Å²) in [5.74, 6) is 0. The van der Waals surface area contributed by atoms with Crippen molar-refractivity contribution >= 4 is 5.65 Å². The molecule has 0 aliphatic rings. The number of hydrogen-bond acceptors (Lipinski definition) is 2. The fourth-order valence-corrected chi connectivity index (χ4v) is 2.45. The van der Waals surface area contributed by atoms with Crippen LogP contribution in [0.2, 0.25) is 0 Å². The van der Waals surface area contributed by atoms with Crippen LogP contribution in [0.25, 0.3) is 5.65 Å². The largest absolute Gasteiger partial charge is 0.386 e. The van der Waals surface area contributed by atoms with E-state index in [1.807, 2.05) is 35.0 Å².